The molecule has 1 saturated carbocycles. The maximum atomic E-state index is 12.4. The molecule has 0 radical (unpaired) electrons. The topological polar surface area (TPSA) is 102 Å². The molecule has 1 fully saturated rings. The highest BCUT2D eigenvalue weighted by atomic mass is 16.5. The van der Waals surface area contributed by atoms with E-state index in [0.717, 1.165) is 0 Å². The van der Waals surface area contributed by atoms with Crippen LogP contribution in [0, 0.1) is 0 Å². The van der Waals surface area contributed by atoms with Crippen LogP contribution in [0.3, 0.4) is 0 Å². The molecule has 0 aromatic heterocycles. The number of carbonyl (C=O) groups is 2. The molecule has 2 aromatic rings. The smallest absolute Gasteiger partial charge is 0.407 e. The predicted molar refractivity (Wildman–Crippen MR) is 110 cm³/mol. The predicted octanol–water partition coefficient (Wildman–Crippen LogP) is 3.64. The minimum atomic E-state index is -0.879. The number of amides is 1. The Hall–Kier alpha value is -2.86. The summed E-state index contributed by atoms with van der Waals surface area (Å²) in [6, 6.07) is 16.4. The molecule has 2 aliphatic rings. The van der Waals surface area contributed by atoms with E-state index in [-0.39, 0.29) is 25.0 Å². The van der Waals surface area contributed by atoms with Crippen molar-refractivity contribution >= 4 is 12.1 Å². The molecule has 4 N–H and O–H groups in total. The average molecular weight is 394 g/mol. The highest BCUT2D eigenvalue weighted by molar-refractivity contribution is 5.79. The second-order valence-corrected chi connectivity index (χ2v) is 8.18. The first-order chi connectivity index (χ1) is 14.0. The van der Waals surface area contributed by atoms with Crippen molar-refractivity contribution < 1.29 is 19.4 Å². The Morgan fingerprint density at radius 1 is 1.03 bits per heavy atom. The number of carboxylic acids is 1. The quantitative estimate of drug-likeness (QED) is 0.719. The van der Waals surface area contributed by atoms with Gasteiger partial charge in [0.15, 0.2) is 0 Å². The van der Waals surface area contributed by atoms with Crippen molar-refractivity contribution in [1.29, 1.82) is 0 Å². The van der Waals surface area contributed by atoms with Crippen molar-refractivity contribution in [3.63, 3.8) is 0 Å². The van der Waals surface area contributed by atoms with Crippen LogP contribution in [0.2, 0.25) is 0 Å². The van der Waals surface area contributed by atoms with Crippen LogP contribution in [0.5, 0.6) is 0 Å². The van der Waals surface area contributed by atoms with Gasteiger partial charge < -0.3 is 20.9 Å². The molecule has 0 aliphatic heterocycles. The summed E-state index contributed by atoms with van der Waals surface area (Å²) < 4.78 is 5.58. The highest BCUT2D eigenvalue weighted by Crippen LogP contribution is 2.44. The molecule has 2 aliphatic carbocycles. The molecule has 0 atom stereocenters. The van der Waals surface area contributed by atoms with Crippen LogP contribution in [0.1, 0.15) is 49.1 Å². The fourth-order valence-corrected chi connectivity index (χ4v) is 4.62. The van der Waals surface area contributed by atoms with Gasteiger partial charge in [-0.05, 0) is 47.9 Å². The third-order valence-electron chi connectivity index (χ3n) is 6.15. The number of benzene rings is 2. The standard InChI is InChI=1S/C23H26N2O4/c24-23(13-21(26)27)11-9-15(10-12-23)25-22(28)29-14-20-18-7-3-1-5-16(18)17-6-2-4-8-19(17)20/h1-8,15,20H,9-14,24H2,(H,25,28)(H,26,27). The molecule has 0 bridgehead atoms. The number of hydrogen-bond donors (Lipinski definition) is 3. The van der Waals surface area contributed by atoms with Gasteiger partial charge in [-0.25, -0.2) is 4.79 Å². The lowest BCUT2D eigenvalue weighted by molar-refractivity contribution is -0.138. The van der Waals surface area contributed by atoms with Crippen molar-refractivity contribution in [2.45, 2.75) is 49.6 Å². The minimum absolute atomic E-state index is 0.0314. The fourth-order valence-electron chi connectivity index (χ4n) is 4.62. The van der Waals surface area contributed by atoms with E-state index in [9.17, 15) is 9.59 Å². The molecule has 6 heteroatoms. The number of ether oxygens (including phenoxy) is 1. The maximum Gasteiger partial charge on any atom is 0.407 e. The van der Waals surface area contributed by atoms with Gasteiger partial charge >= 0.3 is 12.1 Å². The van der Waals surface area contributed by atoms with Crippen LogP contribution in [-0.4, -0.2) is 35.4 Å². The summed E-state index contributed by atoms with van der Waals surface area (Å²) in [5.74, 6) is -0.845. The lowest BCUT2D eigenvalue weighted by Crippen LogP contribution is -2.49. The van der Waals surface area contributed by atoms with Crippen molar-refractivity contribution in [2.75, 3.05) is 6.61 Å². The molecule has 1 amide bonds. The zero-order valence-corrected chi connectivity index (χ0v) is 16.3. The Morgan fingerprint density at radius 2 is 1.59 bits per heavy atom. The van der Waals surface area contributed by atoms with Crippen molar-refractivity contribution in [3.8, 4) is 11.1 Å². The van der Waals surface area contributed by atoms with Crippen molar-refractivity contribution in [1.82, 2.24) is 5.32 Å². The Morgan fingerprint density at radius 3 is 2.14 bits per heavy atom. The number of hydrogen-bond acceptors (Lipinski definition) is 4. The van der Waals surface area contributed by atoms with Crippen LogP contribution in [0.4, 0.5) is 4.79 Å². The molecule has 2 aromatic carbocycles. The molecule has 0 spiro atoms. The first-order valence-corrected chi connectivity index (χ1v) is 10.1. The van der Waals surface area contributed by atoms with E-state index in [1.165, 1.54) is 22.3 Å². The summed E-state index contributed by atoms with van der Waals surface area (Å²) in [7, 11) is 0. The van der Waals surface area contributed by atoms with E-state index in [1.807, 2.05) is 24.3 Å². The second kappa shape index (κ2) is 7.87. The van der Waals surface area contributed by atoms with Crippen molar-refractivity contribution in [3.05, 3.63) is 59.7 Å². The zero-order chi connectivity index (χ0) is 20.4. The largest absolute Gasteiger partial charge is 0.481 e. The molecule has 152 valence electrons. The summed E-state index contributed by atoms with van der Waals surface area (Å²) >= 11 is 0. The van der Waals surface area contributed by atoms with Crippen LogP contribution >= 0.6 is 0 Å². The molecule has 0 saturated heterocycles. The maximum absolute atomic E-state index is 12.4. The van der Waals surface area contributed by atoms with E-state index in [1.54, 1.807) is 0 Å². The monoisotopic (exact) mass is 394 g/mol. The Balaban J connectivity index is 1.34. The zero-order valence-electron chi connectivity index (χ0n) is 16.3. The third-order valence-corrected chi connectivity index (χ3v) is 6.15. The third kappa shape index (κ3) is 4.12. The van der Waals surface area contributed by atoms with Gasteiger partial charge in [-0.2, -0.15) is 0 Å². The summed E-state index contributed by atoms with van der Waals surface area (Å²) in [6.45, 7) is 0.284. The fraction of sp³-hybridized carbons (Fsp3) is 0.391. The number of nitrogens with one attached hydrogen (secondary N) is 1. The number of alkyl carbamates (subject to hydrolysis) is 1. The number of aliphatic carboxylic acids is 1. The number of fused-ring (bicyclic) bond motifs is 3. The van der Waals surface area contributed by atoms with Gasteiger partial charge in [-0.3, -0.25) is 4.79 Å². The molecule has 6 nitrogen and oxygen atoms in total. The minimum Gasteiger partial charge on any atom is -0.481 e. The molecular weight excluding hydrogens is 368 g/mol. The second-order valence-electron chi connectivity index (χ2n) is 8.18. The Kier molecular flexibility index (Phi) is 5.28. The van der Waals surface area contributed by atoms with Crippen LogP contribution in [-0.2, 0) is 9.53 Å². The summed E-state index contributed by atoms with van der Waals surface area (Å²) in [5.41, 5.74) is 10.2. The molecule has 0 heterocycles. The van der Waals surface area contributed by atoms with Gasteiger partial charge in [-0.1, -0.05) is 48.5 Å². The van der Waals surface area contributed by atoms with E-state index in [4.69, 9.17) is 15.6 Å². The normalized spacial score (nSPS) is 23.1. The van der Waals surface area contributed by atoms with Crippen LogP contribution in [0.25, 0.3) is 11.1 Å². The first kappa shape index (κ1) is 19.5. The van der Waals surface area contributed by atoms with Crippen molar-refractivity contribution in [2.24, 2.45) is 5.73 Å². The SMILES string of the molecule is NC1(CC(=O)O)CCC(NC(=O)OCC2c3ccccc3-c3ccccc32)CC1. The Bertz CT molecular complexity index is 873. The molecule has 4 rings (SSSR count). The summed E-state index contributed by atoms with van der Waals surface area (Å²) in [5, 5.41) is 11.9. The van der Waals surface area contributed by atoms with Crippen LogP contribution < -0.4 is 11.1 Å². The van der Waals surface area contributed by atoms with E-state index in [0.29, 0.717) is 25.7 Å². The van der Waals surface area contributed by atoms with Gasteiger partial charge in [0.25, 0.3) is 0 Å². The number of carboxylic acid groups (broad SMARTS) is 1. The van der Waals surface area contributed by atoms with Gasteiger partial charge in [0, 0.05) is 17.5 Å². The first-order valence-electron chi connectivity index (χ1n) is 10.1. The van der Waals surface area contributed by atoms with Gasteiger partial charge in [-0.15, -0.1) is 0 Å². The van der Waals surface area contributed by atoms with Gasteiger partial charge in [0.05, 0.1) is 6.42 Å². The lowest BCUT2D eigenvalue weighted by Gasteiger charge is -2.36. The lowest BCUT2D eigenvalue weighted by atomic mass is 9.78. The summed E-state index contributed by atoms with van der Waals surface area (Å²) in [4.78, 5) is 23.3. The highest BCUT2D eigenvalue weighted by Gasteiger charge is 2.34. The number of rotatable bonds is 5. The van der Waals surface area contributed by atoms with E-state index < -0.39 is 17.6 Å². The Labute approximate surface area is 170 Å². The number of nitrogens with two attached hydrogens (primary N) is 1. The molecule has 29 heavy (non-hydrogen) atoms. The van der Waals surface area contributed by atoms with Gasteiger partial charge in [0.1, 0.15) is 6.61 Å². The number of carbonyl (C=O) groups excluding carboxylic acids is 1. The van der Waals surface area contributed by atoms with Gasteiger partial charge in [0.2, 0.25) is 0 Å². The molecular formula is C23H26N2O4. The van der Waals surface area contributed by atoms with Crippen LogP contribution in [0.15, 0.2) is 48.5 Å². The van der Waals surface area contributed by atoms with E-state index >= 15 is 0 Å². The summed E-state index contributed by atoms with van der Waals surface area (Å²) in [6.07, 6.45) is 2.01. The average Bonchev–Trinajstić information content (AvgIpc) is 3.02. The van der Waals surface area contributed by atoms with E-state index in [2.05, 4.69) is 29.6 Å². The molecule has 0 unspecified atom stereocenters.